The molecule has 0 unspecified atom stereocenters. The maximum atomic E-state index is 13.6. The molecule has 10 heteroatoms. The summed E-state index contributed by atoms with van der Waals surface area (Å²) in [5.74, 6) is 0. The van der Waals surface area contributed by atoms with Crippen LogP contribution in [0, 0.1) is 0 Å². The van der Waals surface area contributed by atoms with Crippen LogP contribution in [0.25, 0.3) is 0 Å². The zero-order valence-corrected chi connectivity index (χ0v) is 28.0. The Morgan fingerprint density at radius 1 is 0.800 bits per heavy atom. The van der Waals surface area contributed by atoms with Crippen molar-refractivity contribution in [1.82, 2.24) is 10.6 Å². The van der Waals surface area contributed by atoms with Gasteiger partial charge in [-0.15, -0.1) is 0 Å². The predicted molar refractivity (Wildman–Crippen MR) is 177 cm³/mol. The smallest absolute Gasteiger partial charge is 0.407 e. The third-order valence-corrected chi connectivity index (χ3v) is 8.46. The zero-order chi connectivity index (χ0) is 32.8. The van der Waals surface area contributed by atoms with Crippen molar-refractivity contribution in [2.75, 3.05) is 19.5 Å². The number of ether oxygens (including phenoxy) is 2. The highest BCUT2D eigenvalue weighted by molar-refractivity contribution is 7.53. The molecule has 2 atom stereocenters. The molecule has 3 aromatic rings. The molecule has 0 fully saturated rings. The Morgan fingerprint density at radius 3 is 1.78 bits per heavy atom. The summed E-state index contributed by atoms with van der Waals surface area (Å²) in [6.45, 7) is 10.2. The van der Waals surface area contributed by atoms with Crippen LogP contribution in [-0.2, 0) is 42.7 Å². The number of alkyl carbamates (subject to hydrolysis) is 1. The van der Waals surface area contributed by atoms with Gasteiger partial charge in [0.05, 0.1) is 25.4 Å². The van der Waals surface area contributed by atoms with E-state index in [0.29, 0.717) is 12.8 Å². The van der Waals surface area contributed by atoms with Crippen molar-refractivity contribution >= 4 is 13.7 Å². The van der Waals surface area contributed by atoms with Crippen LogP contribution >= 0.6 is 7.60 Å². The van der Waals surface area contributed by atoms with Crippen molar-refractivity contribution < 1.29 is 33.0 Å². The molecule has 0 aliphatic rings. The number of carbonyl (C=O) groups is 1. The first-order chi connectivity index (χ1) is 21.3. The van der Waals surface area contributed by atoms with Gasteiger partial charge < -0.3 is 34.3 Å². The number of aliphatic hydroxyl groups is 1. The van der Waals surface area contributed by atoms with Crippen LogP contribution in [0.1, 0.15) is 57.7 Å². The average Bonchev–Trinajstić information content (AvgIpc) is 3.00. The minimum Gasteiger partial charge on any atom is -0.444 e. The fourth-order valence-electron chi connectivity index (χ4n) is 4.33. The minimum absolute atomic E-state index is 0.142. The van der Waals surface area contributed by atoms with E-state index in [1.165, 1.54) is 0 Å². The summed E-state index contributed by atoms with van der Waals surface area (Å²) in [5, 5.41) is 17.4. The number of aliphatic hydroxyl groups excluding tert-OH is 1. The van der Waals surface area contributed by atoms with E-state index in [2.05, 4.69) is 10.6 Å². The highest BCUT2D eigenvalue weighted by atomic mass is 31.2. The van der Waals surface area contributed by atoms with Crippen LogP contribution in [0.5, 0.6) is 0 Å². The van der Waals surface area contributed by atoms with Crippen molar-refractivity contribution in [1.29, 1.82) is 0 Å². The molecule has 0 saturated carbocycles. The van der Waals surface area contributed by atoms with Crippen molar-refractivity contribution in [2.45, 2.75) is 84.0 Å². The molecule has 0 bridgehead atoms. The number of rotatable bonds is 18. The number of amides is 1. The molecule has 0 aliphatic heterocycles. The second-order valence-corrected chi connectivity index (χ2v) is 14.7. The van der Waals surface area contributed by atoms with Crippen LogP contribution in [0.2, 0.25) is 0 Å². The first-order valence-corrected chi connectivity index (χ1v) is 17.1. The molecule has 1 amide bonds. The largest absolute Gasteiger partial charge is 0.444 e. The van der Waals surface area contributed by atoms with Gasteiger partial charge in [0.25, 0.3) is 0 Å². The lowest BCUT2D eigenvalue weighted by molar-refractivity contribution is 0.0412. The Labute approximate surface area is 268 Å². The minimum atomic E-state index is -3.57. The van der Waals surface area contributed by atoms with Gasteiger partial charge in [-0.3, -0.25) is 4.57 Å². The van der Waals surface area contributed by atoms with Gasteiger partial charge in [0.1, 0.15) is 11.9 Å². The molecule has 9 nitrogen and oxygen atoms in total. The molecule has 0 spiro atoms. The number of hydrogen-bond acceptors (Lipinski definition) is 8. The summed E-state index contributed by atoms with van der Waals surface area (Å²) in [5.41, 5.74) is 1.66. The van der Waals surface area contributed by atoms with Crippen molar-refractivity contribution in [3.05, 3.63) is 108 Å². The Hall–Kier alpha value is -3.04. The van der Waals surface area contributed by atoms with E-state index in [-0.39, 0.29) is 32.7 Å². The van der Waals surface area contributed by atoms with Crippen molar-refractivity contribution in [2.24, 2.45) is 0 Å². The van der Waals surface area contributed by atoms with E-state index >= 15 is 0 Å². The summed E-state index contributed by atoms with van der Waals surface area (Å²) in [7, 11) is -3.57. The monoisotopic (exact) mass is 640 g/mol. The van der Waals surface area contributed by atoms with Crippen LogP contribution in [0.4, 0.5) is 4.79 Å². The number of hydrogen-bond donors (Lipinski definition) is 3. The third-order valence-electron chi connectivity index (χ3n) is 6.92. The van der Waals surface area contributed by atoms with E-state index in [0.717, 1.165) is 16.7 Å². The van der Waals surface area contributed by atoms with Crippen LogP contribution in [0.3, 0.4) is 0 Å². The normalized spacial score (nSPS) is 13.6. The topological polar surface area (TPSA) is 115 Å². The van der Waals surface area contributed by atoms with Gasteiger partial charge in [-0.2, -0.15) is 0 Å². The van der Waals surface area contributed by atoms with Crippen molar-refractivity contribution in [3.63, 3.8) is 0 Å². The molecule has 0 radical (unpaired) electrons. The fourth-order valence-corrected chi connectivity index (χ4v) is 5.60. The average molecular weight is 641 g/mol. The standard InChI is InChI=1S/C35H49N2O7P/c1-34(2,3)44-33(39)37-31(23-28-15-9-6-10-16-28)32(38)24-36-35(4,5)21-22-41-27-45(40,42-25-29-17-11-7-12-18-29)43-26-30-19-13-8-14-20-30/h6-20,31-32,36,38H,21-27H2,1-5H3,(H,37,39)/t31-,32+/m0/s1. The highest BCUT2D eigenvalue weighted by Gasteiger charge is 2.29. The molecular formula is C35H49N2O7P. The molecule has 0 aliphatic carbocycles. The van der Waals surface area contributed by atoms with Gasteiger partial charge >= 0.3 is 13.7 Å². The van der Waals surface area contributed by atoms with E-state index in [9.17, 15) is 14.5 Å². The van der Waals surface area contributed by atoms with E-state index < -0.39 is 37.0 Å². The number of β-amino-alcohol motifs (C(OH)–C–C–N with tert-alkyl or cyclic N) is 1. The van der Waals surface area contributed by atoms with Crippen LogP contribution in [-0.4, -0.2) is 54.0 Å². The molecule has 0 saturated heterocycles. The summed E-state index contributed by atoms with van der Waals surface area (Å²) < 4.78 is 36.5. The molecule has 3 aromatic carbocycles. The molecule has 246 valence electrons. The Kier molecular flexibility index (Phi) is 14.2. The summed E-state index contributed by atoms with van der Waals surface area (Å²) in [4.78, 5) is 12.5. The quantitative estimate of drug-likeness (QED) is 0.102. The van der Waals surface area contributed by atoms with Crippen molar-refractivity contribution in [3.8, 4) is 0 Å². The molecule has 3 N–H and O–H groups in total. The lowest BCUT2D eigenvalue weighted by atomic mass is 9.98. The SMILES string of the molecule is CC(C)(CCOCP(=O)(OCc1ccccc1)OCc1ccccc1)NC[C@@H](O)[C@H](Cc1ccccc1)NC(=O)OC(C)(C)C. The number of nitrogens with one attached hydrogen (secondary N) is 2. The second-order valence-electron chi connectivity index (χ2n) is 12.7. The Morgan fingerprint density at radius 2 is 1.29 bits per heavy atom. The summed E-state index contributed by atoms with van der Waals surface area (Å²) in [6, 6.07) is 28.1. The zero-order valence-electron chi connectivity index (χ0n) is 27.1. The molecule has 3 rings (SSSR count). The van der Waals surface area contributed by atoms with E-state index in [1.807, 2.05) is 105 Å². The second kappa shape index (κ2) is 17.6. The fraction of sp³-hybridized carbons (Fsp3) is 0.457. The predicted octanol–water partition coefficient (Wildman–Crippen LogP) is 6.84. The van der Waals surface area contributed by atoms with Gasteiger partial charge in [0.15, 0.2) is 0 Å². The maximum absolute atomic E-state index is 13.6. The van der Waals surface area contributed by atoms with Gasteiger partial charge in [0, 0.05) is 18.7 Å². The number of benzene rings is 3. The maximum Gasteiger partial charge on any atom is 0.407 e. The van der Waals surface area contributed by atoms with Gasteiger partial charge in [-0.05, 0) is 64.2 Å². The lowest BCUT2D eigenvalue weighted by Gasteiger charge is -2.31. The van der Waals surface area contributed by atoms with E-state index in [1.54, 1.807) is 20.8 Å². The third kappa shape index (κ3) is 14.7. The first-order valence-electron chi connectivity index (χ1n) is 15.3. The molecule has 45 heavy (non-hydrogen) atoms. The summed E-state index contributed by atoms with van der Waals surface area (Å²) in [6.07, 6.45) is -0.669. The van der Waals surface area contributed by atoms with Crippen LogP contribution < -0.4 is 10.6 Å². The molecular weight excluding hydrogens is 591 g/mol. The first kappa shape index (κ1) is 36.4. The molecule has 0 heterocycles. The highest BCUT2D eigenvalue weighted by Crippen LogP contribution is 2.49. The summed E-state index contributed by atoms with van der Waals surface area (Å²) >= 11 is 0. The van der Waals surface area contributed by atoms with Crippen LogP contribution in [0.15, 0.2) is 91.0 Å². The molecule has 0 aromatic heterocycles. The Balaban J connectivity index is 1.52. The van der Waals surface area contributed by atoms with Gasteiger partial charge in [0.2, 0.25) is 0 Å². The Bertz CT molecular complexity index is 1270. The van der Waals surface area contributed by atoms with E-state index in [4.69, 9.17) is 18.5 Å². The van der Waals surface area contributed by atoms with Gasteiger partial charge in [-0.25, -0.2) is 4.79 Å². The number of carbonyl (C=O) groups excluding carboxylic acids is 1. The lowest BCUT2D eigenvalue weighted by Crippen LogP contribution is -2.53. The van der Waals surface area contributed by atoms with Gasteiger partial charge in [-0.1, -0.05) is 91.0 Å².